The van der Waals surface area contributed by atoms with Gasteiger partial charge in [-0.1, -0.05) is 23.8 Å². The molecular weight excluding hydrogens is 409 g/mol. The van der Waals surface area contributed by atoms with E-state index in [2.05, 4.69) is 30.4 Å². The maximum absolute atomic E-state index is 14.9. The fraction of sp³-hybridized carbons (Fsp3) is 0.240. The molecule has 0 unspecified atom stereocenters. The zero-order valence-electron chi connectivity index (χ0n) is 18.0. The van der Waals surface area contributed by atoms with Crippen LogP contribution in [0.15, 0.2) is 67.0 Å². The van der Waals surface area contributed by atoms with Crippen LogP contribution in [-0.4, -0.2) is 31.2 Å². The van der Waals surface area contributed by atoms with E-state index in [-0.39, 0.29) is 19.0 Å². The van der Waals surface area contributed by atoms with Crippen LogP contribution < -0.4 is 14.8 Å². The highest BCUT2D eigenvalue weighted by Crippen LogP contribution is 2.28. The zero-order valence-corrected chi connectivity index (χ0v) is 18.0. The standard InChI is InChI=1S/C25H24FN3O3/c1-17-4-3-5-19(12-17)15-28-10-8-20(9-11-28)23-7-6-21(13-24(23)26)29-16-22(32-25(29)31)14-27-18(2)30/h3-13,22H,14-16H2,1-2H3/p+1/t22-/m0/s1. The quantitative estimate of drug-likeness (QED) is 0.603. The third kappa shape index (κ3) is 4.94. The van der Waals surface area contributed by atoms with E-state index >= 15 is 0 Å². The summed E-state index contributed by atoms with van der Waals surface area (Å²) in [7, 11) is 0. The van der Waals surface area contributed by atoms with Crippen molar-refractivity contribution >= 4 is 17.7 Å². The molecule has 0 bridgehead atoms. The van der Waals surface area contributed by atoms with E-state index in [1.165, 1.54) is 29.0 Å². The molecule has 1 aromatic heterocycles. The number of nitrogens with one attached hydrogen (secondary N) is 1. The Balaban J connectivity index is 1.46. The summed E-state index contributed by atoms with van der Waals surface area (Å²) in [5.41, 5.74) is 4.05. The van der Waals surface area contributed by atoms with Gasteiger partial charge in [0.15, 0.2) is 18.9 Å². The number of aryl methyl sites for hydroxylation is 1. The Morgan fingerprint density at radius 2 is 1.97 bits per heavy atom. The highest BCUT2D eigenvalue weighted by atomic mass is 19.1. The number of ether oxygens (including phenoxy) is 1. The van der Waals surface area contributed by atoms with E-state index in [0.717, 1.165) is 12.1 Å². The molecule has 7 heteroatoms. The number of hydrogen-bond donors (Lipinski definition) is 1. The van der Waals surface area contributed by atoms with Crippen LogP contribution in [0.2, 0.25) is 0 Å². The SMILES string of the molecule is CC(=O)NC[C@H]1CN(c2ccc(-c3cc[n+](Cc4cccc(C)c4)cc3)c(F)c2)C(=O)O1. The number of anilines is 1. The Labute approximate surface area is 186 Å². The molecule has 1 atom stereocenters. The molecule has 0 aliphatic carbocycles. The molecule has 6 nitrogen and oxygen atoms in total. The first-order valence-electron chi connectivity index (χ1n) is 10.5. The Morgan fingerprint density at radius 1 is 1.19 bits per heavy atom. The predicted octanol–water partition coefficient (Wildman–Crippen LogP) is 3.60. The van der Waals surface area contributed by atoms with Gasteiger partial charge in [0.05, 0.1) is 18.8 Å². The van der Waals surface area contributed by atoms with E-state index in [9.17, 15) is 14.0 Å². The monoisotopic (exact) mass is 434 g/mol. The molecule has 1 aliphatic rings. The van der Waals surface area contributed by atoms with Crippen LogP contribution in [0.25, 0.3) is 11.1 Å². The Morgan fingerprint density at radius 3 is 2.66 bits per heavy atom. The van der Waals surface area contributed by atoms with E-state index < -0.39 is 18.0 Å². The number of benzene rings is 2. The fourth-order valence-electron chi connectivity index (χ4n) is 3.77. The van der Waals surface area contributed by atoms with Crippen LogP contribution in [-0.2, 0) is 16.1 Å². The van der Waals surface area contributed by atoms with Crippen LogP contribution >= 0.6 is 0 Å². The summed E-state index contributed by atoms with van der Waals surface area (Å²) >= 11 is 0. The summed E-state index contributed by atoms with van der Waals surface area (Å²) in [5.74, 6) is -0.616. The van der Waals surface area contributed by atoms with Gasteiger partial charge in [0.1, 0.15) is 11.9 Å². The van der Waals surface area contributed by atoms with Gasteiger partial charge in [-0.05, 0) is 36.8 Å². The van der Waals surface area contributed by atoms with Crippen molar-refractivity contribution in [1.82, 2.24) is 5.32 Å². The minimum absolute atomic E-state index is 0.196. The van der Waals surface area contributed by atoms with Gasteiger partial charge >= 0.3 is 6.09 Å². The molecule has 1 N–H and O–H groups in total. The molecule has 0 radical (unpaired) electrons. The van der Waals surface area contributed by atoms with Crippen molar-refractivity contribution in [2.75, 3.05) is 18.0 Å². The van der Waals surface area contributed by atoms with Gasteiger partial charge in [0.2, 0.25) is 5.91 Å². The molecule has 4 rings (SSSR count). The van der Waals surface area contributed by atoms with E-state index in [0.29, 0.717) is 11.3 Å². The highest BCUT2D eigenvalue weighted by molar-refractivity contribution is 5.90. The Hall–Kier alpha value is -3.74. The topological polar surface area (TPSA) is 62.5 Å². The lowest BCUT2D eigenvalue weighted by atomic mass is 10.1. The third-order valence-corrected chi connectivity index (χ3v) is 5.37. The summed E-state index contributed by atoms with van der Waals surface area (Å²) in [6.45, 7) is 4.68. The van der Waals surface area contributed by atoms with E-state index in [4.69, 9.17) is 4.74 Å². The second-order valence-corrected chi connectivity index (χ2v) is 7.97. The average Bonchev–Trinajstić information content (AvgIpc) is 3.13. The molecule has 0 spiro atoms. The van der Waals surface area contributed by atoms with Crippen molar-refractivity contribution in [2.45, 2.75) is 26.5 Å². The molecule has 2 amide bonds. The van der Waals surface area contributed by atoms with Crippen LogP contribution in [0.4, 0.5) is 14.9 Å². The lowest BCUT2D eigenvalue weighted by molar-refractivity contribution is -0.688. The van der Waals surface area contributed by atoms with Crippen molar-refractivity contribution < 1.29 is 23.3 Å². The Bertz CT molecular complexity index is 1150. The van der Waals surface area contributed by atoms with Crippen molar-refractivity contribution in [3.63, 3.8) is 0 Å². The van der Waals surface area contributed by atoms with Gasteiger partial charge in [0, 0.05) is 30.2 Å². The van der Waals surface area contributed by atoms with Crippen molar-refractivity contribution in [1.29, 1.82) is 0 Å². The number of aromatic nitrogens is 1. The van der Waals surface area contributed by atoms with Gasteiger partial charge in [-0.3, -0.25) is 9.69 Å². The molecule has 0 saturated carbocycles. The molecule has 1 aliphatic heterocycles. The van der Waals surface area contributed by atoms with Gasteiger partial charge in [-0.25, -0.2) is 13.8 Å². The summed E-state index contributed by atoms with van der Waals surface area (Å²) < 4.78 is 22.2. The zero-order chi connectivity index (χ0) is 22.7. The summed E-state index contributed by atoms with van der Waals surface area (Å²) in [5, 5.41) is 2.63. The van der Waals surface area contributed by atoms with Crippen LogP contribution in [0.5, 0.6) is 0 Å². The first-order valence-corrected chi connectivity index (χ1v) is 10.5. The second-order valence-electron chi connectivity index (χ2n) is 7.97. The molecule has 3 aromatic rings. The van der Waals surface area contributed by atoms with Crippen molar-refractivity contribution in [3.8, 4) is 11.1 Å². The third-order valence-electron chi connectivity index (χ3n) is 5.37. The highest BCUT2D eigenvalue weighted by Gasteiger charge is 2.32. The number of halogens is 1. The van der Waals surface area contributed by atoms with Gasteiger partial charge in [-0.2, -0.15) is 0 Å². The van der Waals surface area contributed by atoms with Gasteiger partial charge in [0.25, 0.3) is 0 Å². The maximum Gasteiger partial charge on any atom is 0.414 e. The number of rotatable bonds is 6. The molecule has 164 valence electrons. The lowest BCUT2D eigenvalue weighted by Gasteiger charge is -2.14. The molecule has 32 heavy (non-hydrogen) atoms. The molecule has 1 saturated heterocycles. The van der Waals surface area contributed by atoms with E-state index in [1.54, 1.807) is 12.1 Å². The maximum atomic E-state index is 14.9. The van der Waals surface area contributed by atoms with Crippen LogP contribution in [0.3, 0.4) is 0 Å². The molecule has 2 aromatic carbocycles. The Kier molecular flexibility index (Phi) is 6.16. The molecular formula is C25H25FN3O3+. The number of carbonyl (C=O) groups is 2. The van der Waals surface area contributed by atoms with Crippen molar-refractivity contribution in [3.05, 3.63) is 83.9 Å². The second kappa shape index (κ2) is 9.18. The fourth-order valence-corrected chi connectivity index (χ4v) is 3.77. The van der Waals surface area contributed by atoms with Crippen LogP contribution in [0.1, 0.15) is 18.1 Å². The smallest absolute Gasteiger partial charge is 0.414 e. The first kappa shape index (κ1) is 21.5. The first-order chi connectivity index (χ1) is 15.4. The minimum atomic E-state index is -0.551. The number of amides is 2. The summed E-state index contributed by atoms with van der Waals surface area (Å²) in [6.07, 6.45) is 2.84. The molecule has 2 heterocycles. The van der Waals surface area contributed by atoms with Gasteiger partial charge in [-0.15, -0.1) is 0 Å². The normalized spacial score (nSPS) is 15.5. The molecule has 1 fully saturated rings. The van der Waals surface area contributed by atoms with Crippen molar-refractivity contribution in [2.24, 2.45) is 0 Å². The van der Waals surface area contributed by atoms with E-state index in [1.807, 2.05) is 35.2 Å². The lowest BCUT2D eigenvalue weighted by Crippen LogP contribution is -2.33. The number of nitrogens with zero attached hydrogens (tertiary/aromatic N) is 2. The predicted molar refractivity (Wildman–Crippen MR) is 119 cm³/mol. The number of pyridine rings is 1. The minimum Gasteiger partial charge on any atom is -0.442 e. The largest absolute Gasteiger partial charge is 0.442 e. The van der Waals surface area contributed by atoms with Crippen LogP contribution in [0, 0.1) is 12.7 Å². The van der Waals surface area contributed by atoms with Gasteiger partial charge < -0.3 is 10.1 Å². The number of cyclic esters (lactones) is 1. The summed E-state index contributed by atoms with van der Waals surface area (Å²) in [4.78, 5) is 24.6. The number of hydrogen-bond acceptors (Lipinski definition) is 3. The summed E-state index contributed by atoms with van der Waals surface area (Å²) in [6, 6.07) is 16.8. The average molecular weight is 434 g/mol. The number of carbonyl (C=O) groups excluding carboxylic acids is 2.